The molecule has 2 N–H and O–H groups in total. The van der Waals surface area contributed by atoms with Crippen molar-refractivity contribution >= 4 is 5.91 Å². The monoisotopic (exact) mass is 154 g/mol. The second kappa shape index (κ2) is 4.77. The molecule has 0 saturated carbocycles. The summed E-state index contributed by atoms with van der Waals surface area (Å²) in [5, 5.41) is 5.72. The van der Waals surface area contributed by atoms with Crippen LogP contribution in [-0.2, 0) is 4.79 Å². The quantitative estimate of drug-likeness (QED) is 0.530. The number of carbonyl (C=O) groups is 1. The maximum absolute atomic E-state index is 10.1. The third-order valence-electron chi connectivity index (χ3n) is 1.59. The molecule has 3 heteroatoms. The van der Waals surface area contributed by atoms with E-state index in [1.807, 2.05) is 6.20 Å². The number of amides is 1. The Kier molecular flexibility index (Phi) is 3.52. The van der Waals surface area contributed by atoms with E-state index in [0.717, 1.165) is 25.9 Å². The van der Waals surface area contributed by atoms with E-state index in [2.05, 4.69) is 16.7 Å². The Balaban J connectivity index is 0.000000112. The van der Waals surface area contributed by atoms with Gasteiger partial charge in [0.1, 0.15) is 0 Å². The van der Waals surface area contributed by atoms with Crippen molar-refractivity contribution in [2.75, 3.05) is 13.1 Å². The van der Waals surface area contributed by atoms with E-state index in [1.54, 1.807) is 0 Å². The fourth-order valence-corrected chi connectivity index (χ4v) is 0.982. The van der Waals surface area contributed by atoms with Crippen molar-refractivity contribution in [1.82, 2.24) is 10.6 Å². The number of hydrogen-bond donors (Lipinski definition) is 2. The van der Waals surface area contributed by atoms with E-state index in [-0.39, 0.29) is 5.91 Å². The fraction of sp³-hybridized carbons (Fsp3) is 0.625. The molecule has 11 heavy (non-hydrogen) atoms. The minimum Gasteiger partial charge on any atom is -0.391 e. The predicted octanol–water partition coefficient (Wildman–Crippen LogP) is 0.390. The SMILES string of the molecule is C1=CNCC1.O=C1CCCN1. The molecule has 2 aliphatic heterocycles. The van der Waals surface area contributed by atoms with Gasteiger partial charge in [-0.3, -0.25) is 4.79 Å². The van der Waals surface area contributed by atoms with Gasteiger partial charge in [0, 0.05) is 19.5 Å². The van der Waals surface area contributed by atoms with Gasteiger partial charge < -0.3 is 10.6 Å². The van der Waals surface area contributed by atoms with Crippen LogP contribution in [0.3, 0.4) is 0 Å². The van der Waals surface area contributed by atoms with Crippen LogP contribution >= 0.6 is 0 Å². The number of nitrogens with one attached hydrogen (secondary N) is 2. The van der Waals surface area contributed by atoms with Gasteiger partial charge in [-0.2, -0.15) is 0 Å². The second-order valence-electron chi connectivity index (χ2n) is 2.60. The van der Waals surface area contributed by atoms with Crippen molar-refractivity contribution in [2.45, 2.75) is 19.3 Å². The standard InChI is InChI=1S/C4H7NO.C4H7N/c6-4-2-1-3-5-4;1-2-4-5-3-1/h1-3H2,(H,5,6);1,3,5H,2,4H2. The van der Waals surface area contributed by atoms with Gasteiger partial charge in [-0.1, -0.05) is 6.08 Å². The van der Waals surface area contributed by atoms with E-state index in [0.29, 0.717) is 0 Å². The average molecular weight is 154 g/mol. The molecule has 0 aromatic heterocycles. The lowest BCUT2D eigenvalue weighted by Gasteiger charge is -1.80. The Morgan fingerprint density at radius 3 is 2.45 bits per heavy atom. The lowest BCUT2D eigenvalue weighted by Crippen LogP contribution is -2.12. The summed E-state index contributed by atoms with van der Waals surface area (Å²) in [5.74, 6) is 0.204. The van der Waals surface area contributed by atoms with Crippen LogP contribution in [0.4, 0.5) is 0 Å². The molecule has 0 atom stereocenters. The Labute approximate surface area is 66.9 Å². The number of carbonyl (C=O) groups excluding carboxylic acids is 1. The molecule has 0 spiro atoms. The van der Waals surface area contributed by atoms with E-state index >= 15 is 0 Å². The molecule has 3 nitrogen and oxygen atoms in total. The summed E-state index contributed by atoms with van der Waals surface area (Å²) in [4.78, 5) is 10.1. The first-order chi connectivity index (χ1) is 5.39. The molecule has 62 valence electrons. The molecule has 0 radical (unpaired) electrons. The lowest BCUT2D eigenvalue weighted by molar-refractivity contribution is -0.119. The van der Waals surface area contributed by atoms with E-state index in [9.17, 15) is 4.79 Å². The van der Waals surface area contributed by atoms with Gasteiger partial charge in [-0.05, 0) is 19.0 Å². The van der Waals surface area contributed by atoms with Gasteiger partial charge in [0.05, 0.1) is 0 Å². The average Bonchev–Trinajstić information content (AvgIpc) is 2.57. The van der Waals surface area contributed by atoms with Crippen molar-refractivity contribution in [1.29, 1.82) is 0 Å². The molecule has 2 heterocycles. The predicted molar refractivity (Wildman–Crippen MR) is 44.0 cm³/mol. The highest BCUT2D eigenvalue weighted by Gasteiger charge is 2.05. The van der Waals surface area contributed by atoms with Crippen LogP contribution in [0.5, 0.6) is 0 Å². The Morgan fingerprint density at radius 1 is 1.36 bits per heavy atom. The van der Waals surface area contributed by atoms with Crippen LogP contribution in [0.15, 0.2) is 12.3 Å². The Bertz CT molecular complexity index is 140. The molecule has 1 fully saturated rings. The largest absolute Gasteiger partial charge is 0.391 e. The number of rotatable bonds is 0. The first-order valence-corrected chi connectivity index (χ1v) is 4.05. The van der Waals surface area contributed by atoms with Gasteiger partial charge in [0.25, 0.3) is 0 Å². The Morgan fingerprint density at radius 2 is 2.27 bits per heavy atom. The first kappa shape index (κ1) is 8.11. The van der Waals surface area contributed by atoms with E-state index < -0.39 is 0 Å². The zero-order chi connectivity index (χ0) is 7.94. The fourth-order valence-electron chi connectivity index (χ4n) is 0.982. The normalized spacial score (nSPS) is 20.2. The van der Waals surface area contributed by atoms with Gasteiger partial charge in [0.15, 0.2) is 0 Å². The molecule has 0 aromatic rings. The van der Waals surface area contributed by atoms with E-state index in [1.165, 1.54) is 6.42 Å². The zero-order valence-electron chi connectivity index (χ0n) is 6.60. The summed E-state index contributed by atoms with van der Waals surface area (Å²) < 4.78 is 0. The highest BCUT2D eigenvalue weighted by Crippen LogP contribution is 1.93. The molecule has 1 amide bonds. The molecular weight excluding hydrogens is 140 g/mol. The topological polar surface area (TPSA) is 41.1 Å². The van der Waals surface area contributed by atoms with Crippen molar-refractivity contribution in [3.8, 4) is 0 Å². The molecule has 0 bridgehead atoms. The van der Waals surface area contributed by atoms with Crippen molar-refractivity contribution in [3.63, 3.8) is 0 Å². The minimum absolute atomic E-state index is 0.204. The lowest BCUT2D eigenvalue weighted by atomic mass is 10.4. The van der Waals surface area contributed by atoms with Crippen molar-refractivity contribution in [3.05, 3.63) is 12.3 Å². The number of hydrogen-bond acceptors (Lipinski definition) is 2. The smallest absolute Gasteiger partial charge is 0.220 e. The molecule has 2 aliphatic rings. The summed E-state index contributed by atoms with van der Waals surface area (Å²) in [6.07, 6.45) is 7.08. The summed E-state index contributed by atoms with van der Waals surface area (Å²) in [5.41, 5.74) is 0. The van der Waals surface area contributed by atoms with Crippen LogP contribution in [0.2, 0.25) is 0 Å². The third-order valence-corrected chi connectivity index (χ3v) is 1.59. The molecule has 0 aromatic carbocycles. The molecule has 0 unspecified atom stereocenters. The summed E-state index contributed by atoms with van der Waals surface area (Å²) >= 11 is 0. The summed E-state index contributed by atoms with van der Waals surface area (Å²) in [6, 6.07) is 0. The van der Waals surface area contributed by atoms with Gasteiger partial charge >= 0.3 is 0 Å². The van der Waals surface area contributed by atoms with Crippen LogP contribution in [-0.4, -0.2) is 19.0 Å². The molecule has 1 saturated heterocycles. The molecule has 0 aliphatic carbocycles. The van der Waals surface area contributed by atoms with Gasteiger partial charge in [0.2, 0.25) is 5.91 Å². The Hall–Kier alpha value is -0.990. The second-order valence-corrected chi connectivity index (χ2v) is 2.60. The molecule has 2 rings (SSSR count). The van der Waals surface area contributed by atoms with Crippen LogP contribution < -0.4 is 10.6 Å². The van der Waals surface area contributed by atoms with Gasteiger partial charge in [-0.25, -0.2) is 0 Å². The maximum Gasteiger partial charge on any atom is 0.220 e. The van der Waals surface area contributed by atoms with Crippen molar-refractivity contribution < 1.29 is 4.79 Å². The van der Waals surface area contributed by atoms with Crippen LogP contribution in [0, 0.1) is 0 Å². The highest BCUT2D eigenvalue weighted by atomic mass is 16.1. The van der Waals surface area contributed by atoms with Crippen LogP contribution in [0.25, 0.3) is 0 Å². The van der Waals surface area contributed by atoms with E-state index in [4.69, 9.17) is 0 Å². The highest BCUT2D eigenvalue weighted by molar-refractivity contribution is 5.77. The summed E-state index contributed by atoms with van der Waals surface area (Å²) in [7, 11) is 0. The first-order valence-electron chi connectivity index (χ1n) is 4.05. The zero-order valence-corrected chi connectivity index (χ0v) is 6.60. The van der Waals surface area contributed by atoms with Crippen LogP contribution in [0.1, 0.15) is 19.3 Å². The van der Waals surface area contributed by atoms with Crippen molar-refractivity contribution in [2.24, 2.45) is 0 Å². The van der Waals surface area contributed by atoms with Gasteiger partial charge in [-0.15, -0.1) is 0 Å². The summed E-state index contributed by atoms with van der Waals surface area (Å²) in [6.45, 7) is 2.03. The molecular formula is C8H14N2O. The maximum atomic E-state index is 10.1. The minimum atomic E-state index is 0.204. The third kappa shape index (κ3) is 3.65.